The minimum atomic E-state index is 0.629. The molecule has 0 spiro atoms. The van der Waals surface area contributed by atoms with Crippen molar-refractivity contribution in [3.63, 3.8) is 0 Å². The first-order chi connectivity index (χ1) is 13.7. The molecule has 1 aliphatic rings. The van der Waals surface area contributed by atoms with Gasteiger partial charge in [0, 0.05) is 10.3 Å². The molecule has 0 aromatic heterocycles. The van der Waals surface area contributed by atoms with Crippen molar-refractivity contribution in [2.75, 3.05) is 27.6 Å². The Hall–Kier alpha value is -2.84. The van der Waals surface area contributed by atoms with E-state index >= 15 is 0 Å². The smallest absolute Gasteiger partial charge is 0.161 e. The number of benzene rings is 3. The Bertz CT molecular complexity index is 1130. The van der Waals surface area contributed by atoms with Crippen LogP contribution in [-0.2, 0) is 12.8 Å². The standard InChI is InChI=1S/C23H21NO3S/c1-25-14-6-8-15-13(9-14)5-7-16-22(15)18-11-21(27-3)20(26-2)10-17(18)19(12-24)23(16)28-4/h6,8-11H,5,7H2,1-4H3. The van der Waals surface area contributed by atoms with Crippen LogP contribution < -0.4 is 14.2 Å². The van der Waals surface area contributed by atoms with Crippen molar-refractivity contribution < 1.29 is 14.2 Å². The van der Waals surface area contributed by atoms with Gasteiger partial charge in [0.25, 0.3) is 0 Å². The number of fused-ring (bicyclic) bond motifs is 5. The molecule has 0 heterocycles. The average molecular weight is 391 g/mol. The third-order valence-electron chi connectivity index (χ3n) is 5.41. The molecule has 0 atom stereocenters. The van der Waals surface area contributed by atoms with Gasteiger partial charge in [-0.25, -0.2) is 0 Å². The summed E-state index contributed by atoms with van der Waals surface area (Å²) in [5.74, 6) is 2.16. The first-order valence-corrected chi connectivity index (χ1v) is 10.2. The molecular weight excluding hydrogens is 370 g/mol. The number of rotatable bonds is 4. The minimum Gasteiger partial charge on any atom is -0.497 e. The van der Waals surface area contributed by atoms with Gasteiger partial charge in [0.15, 0.2) is 11.5 Å². The second-order valence-electron chi connectivity index (χ2n) is 6.65. The molecule has 4 rings (SSSR count). The molecule has 0 saturated heterocycles. The normalized spacial score (nSPS) is 12.1. The Kier molecular flexibility index (Phi) is 4.82. The Morgan fingerprint density at radius 1 is 0.929 bits per heavy atom. The molecule has 0 saturated carbocycles. The van der Waals surface area contributed by atoms with Gasteiger partial charge in [-0.1, -0.05) is 6.07 Å². The summed E-state index contributed by atoms with van der Waals surface area (Å²) in [7, 11) is 4.94. The molecule has 3 aromatic rings. The predicted molar refractivity (Wildman–Crippen MR) is 113 cm³/mol. The Morgan fingerprint density at radius 2 is 1.64 bits per heavy atom. The summed E-state index contributed by atoms with van der Waals surface area (Å²) >= 11 is 1.64. The van der Waals surface area contributed by atoms with Gasteiger partial charge in [0.2, 0.25) is 0 Å². The number of nitrogens with zero attached hydrogens (tertiary/aromatic N) is 1. The van der Waals surface area contributed by atoms with Crippen LogP contribution in [0.5, 0.6) is 17.2 Å². The monoisotopic (exact) mass is 391 g/mol. The highest BCUT2D eigenvalue weighted by atomic mass is 32.2. The highest BCUT2D eigenvalue weighted by Crippen LogP contribution is 2.48. The van der Waals surface area contributed by atoms with Crippen LogP contribution in [0.3, 0.4) is 0 Å². The molecule has 0 amide bonds. The van der Waals surface area contributed by atoms with Gasteiger partial charge in [-0.3, -0.25) is 0 Å². The molecular formula is C23H21NO3S. The van der Waals surface area contributed by atoms with Gasteiger partial charge in [0.1, 0.15) is 11.8 Å². The van der Waals surface area contributed by atoms with Crippen LogP contribution in [0.2, 0.25) is 0 Å². The number of hydrogen-bond donors (Lipinski definition) is 0. The molecule has 5 heteroatoms. The molecule has 4 nitrogen and oxygen atoms in total. The van der Waals surface area contributed by atoms with Crippen LogP contribution in [-0.4, -0.2) is 27.6 Å². The first kappa shape index (κ1) is 18.5. The van der Waals surface area contributed by atoms with E-state index in [9.17, 15) is 5.26 Å². The van der Waals surface area contributed by atoms with Crippen molar-refractivity contribution >= 4 is 22.5 Å². The van der Waals surface area contributed by atoms with Crippen LogP contribution in [0.25, 0.3) is 21.9 Å². The molecule has 0 N–H and O–H groups in total. The zero-order chi connectivity index (χ0) is 19.8. The Labute approximate surface area is 169 Å². The number of methoxy groups -OCH3 is 3. The van der Waals surface area contributed by atoms with E-state index in [1.165, 1.54) is 22.3 Å². The topological polar surface area (TPSA) is 51.5 Å². The summed E-state index contributed by atoms with van der Waals surface area (Å²) in [6.07, 6.45) is 3.86. The number of aryl methyl sites for hydroxylation is 1. The van der Waals surface area contributed by atoms with Crippen LogP contribution >= 0.6 is 11.8 Å². The second kappa shape index (κ2) is 7.29. The van der Waals surface area contributed by atoms with E-state index in [1.807, 2.05) is 24.5 Å². The maximum absolute atomic E-state index is 9.95. The molecule has 0 aliphatic heterocycles. The van der Waals surface area contributed by atoms with E-state index in [1.54, 1.807) is 33.1 Å². The molecule has 0 bridgehead atoms. The van der Waals surface area contributed by atoms with E-state index in [0.717, 1.165) is 34.3 Å². The van der Waals surface area contributed by atoms with Crippen LogP contribution in [0, 0.1) is 11.3 Å². The Balaban J connectivity index is 2.16. The molecule has 0 unspecified atom stereocenters. The summed E-state index contributed by atoms with van der Waals surface area (Å²) in [4.78, 5) is 1.05. The summed E-state index contributed by atoms with van der Waals surface area (Å²) in [6, 6.07) is 12.6. The van der Waals surface area contributed by atoms with Crippen LogP contribution in [0.4, 0.5) is 0 Å². The summed E-state index contributed by atoms with van der Waals surface area (Å²) in [5.41, 5.74) is 5.59. The maximum Gasteiger partial charge on any atom is 0.161 e. The SMILES string of the molecule is COc1ccc2c(c1)CCc1c(SC)c(C#N)c3cc(OC)c(OC)cc3c1-2. The van der Waals surface area contributed by atoms with Gasteiger partial charge in [-0.05, 0) is 71.0 Å². The number of ether oxygens (including phenoxy) is 3. The predicted octanol–water partition coefficient (Wildman–Crippen LogP) is 5.22. The van der Waals surface area contributed by atoms with E-state index in [4.69, 9.17) is 14.2 Å². The van der Waals surface area contributed by atoms with Crippen molar-refractivity contribution in [2.45, 2.75) is 17.7 Å². The van der Waals surface area contributed by atoms with E-state index < -0.39 is 0 Å². The average Bonchev–Trinajstić information content (AvgIpc) is 2.75. The van der Waals surface area contributed by atoms with Gasteiger partial charge in [-0.15, -0.1) is 11.8 Å². The van der Waals surface area contributed by atoms with E-state index in [0.29, 0.717) is 17.1 Å². The van der Waals surface area contributed by atoms with Gasteiger partial charge in [-0.2, -0.15) is 5.26 Å². The third kappa shape index (κ3) is 2.68. The zero-order valence-electron chi connectivity index (χ0n) is 16.4. The first-order valence-electron chi connectivity index (χ1n) is 9.02. The highest BCUT2D eigenvalue weighted by molar-refractivity contribution is 7.98. The fourth-order valence-electron chi connectivity index (χ4n) is 4.13. The van der Waals surface area contributed by atoms with Crippen molar-refractivity contribution in [1.82, 2.24) is 0 Å². The summed E-state index contributed by atoms with van der Waals surface area (Å²) in [5, 5.41) is 11.9. The van der Waals surface area contributed by atoms with Gasteiger partial charge in [0.05, 0.1) is 26.9 Å². The van der Waals surface area contributed by atoms with Crippen molar-refractivity contribution in [3.05, 3.63) is 47.0 Å². The van der Waals surface area contributed by atoms with E-state index in [-0.39, 0.29) is 0 Å². The lowest BCUT2D eigenvalue weighted by molar-refractivity contribution is 0.356. The number of hydrogen-bond acceptors (Lipinski definition) is 5. The van der Waals surface area contributed by atoms with Gasteiger partial charge >= 0.3 is 0 Å². The molecule has 0 fully saturated rings. The third-order valence-corrected chi connectivity index (χ3v) is 6.27. The lowest BCUT2D eigenvalue weighted by Crippen LogP contribution is -2.08. The van der Waals surface area contributed by atoms with Gasteiger partial charge < -0.3 is 14.2 Å². The fraction of sp³-hybridized carbons (Fsp3) is 0.261. The molecule has 142 valence electrons. The quantitative estimate of drug-likeness (QED) is 0.570. The van der Waals surface area contributed by atoms with Crippen molar-refractivity contribution in [1.29, 1.82) is 5.26 Å². The van der Waals surface area contributed by atoms with Crippen LogP contribution in [0.1, 0.15) is 16.7 Å². The second-order valence-corrected chi connectivity index (χ2v) is 7.47. The largest absolute Gasteiger partial charge is 0.497 e. The number of nitriles is 1. The maximum atomic E-state index is 9.95. The molecule has 3 aromatic carbocycles. The van der Waals surface area contributed by atoms with Crippen molar-refractivity contribution in [3.8, 4) is 34.4 Å². The lowest BCUT2D eigenvalue weighted by atomic mass is 9.81. The van der Waals surface area contributed by atoms with Crippen LogP contribution in [0.15, 0.2) is 35.2 Å². The summed E-state index contributed by atoms with van der Waals surface area (Å²) < 4.78 is 16.5. The van der Waals surface area contributed by atoms with E-state index in [2.05, 4.69) is 18.2 Å². The minimum absolute atomic E-state index is 0.629. The molecule has 28 heavy (non-hydrogen) atoms. The molecule has 1 aliphatic carbocycles. The van der Waals surface area contributed by atoms with Crippen molar-refractivity contribution in [2.24, 2.45) is 0 Å². The lowest BCUT2D eigenvalue weighted by Gasteiger charge is -2.26. The number of thioether (sulfide) groups is 1. The molecule has 0 radical (unpaired) electrons. The highest BCUT2D eigenvalue weighted by Gasteiger charge is 2.26. The fourth-order valence-corrected chi connectivity index (χ4v) is 4.94. The summed E-state index contributed by atoms with van der Waals surface area (Å²) in [6.45, 7) is 0. The zero-order valence-corrected chi connectivity index (χ0v) is 17.2. The Morgan fingerprint density at radius 3 is 2.25 bits per heavy atom.